The topological polar surface area (TPSA) is 80.6 Å². The standard InChI is InChI=1S/C29H39N3O3/c1-19(33)24-6-7-25-23-5-4-21-16-22(8-12-28(21,2)26(23)9-13-29(24,25)3)32-35-18-27(34)31-17-20-10-14-30-15-11-20/h10-11,14-16,23-26H,4-9,12-13,17-18H2,1-3H3,(H,31,34)/t23-,24+,25+,26+,28+,29-/m1/s1. The normalized spacial score (nSPS) is 37.0. The number of allylic oxidation sites excluding steroid dienone is 2. The summed E-state index contributed by atoms with van der Waals surface area (Å²) < 4.78 is 0. The molecule has 6 nitrogen and oxygen atoms in total. The molecule has 188 valence electrons. The van der Waals surface area contributed by atoms with Crippen molar-refractivity contribution in [2.75, 3.05) is 6.61 Å². The molecule has 1 amide bonds. The Morgan fingerprint density at radius 1 is 1.09 bits per heavy atom. The molecule has 35 heavy (non-hydrogen) atoms. The number of hydrogen-bond acceptors (Lipinski definition) is 5. The molecular formula is C29H39N3O3. The summed E-state index contributed by atoms with van der Waals surface area (Å²) in [6, 6.07) is 3.75. The number of nitrogens with zero attached hydrogens (tertiary/aromatic N) is 2. The average molecular weight is 478 g/mol. The Hall–Kier alpha value is -2.50. The van der Waals surface area contributed by atoms with Gasteiger partial charge in [-0.25, -0.2) is 0 Å². The first kappa shape index (κ1) is 24.2. The first-order valence-corrected chi connectivity index (χ1v) is 13.4. The number of amides is 1. The Morgan fingerprint density at radius 2 is 1.89 bits per heavy atom. The molecule has 4 aliphatic rings. The van der Waals surface area contributed by atoms with Crippen LogP contribution in [0.2, 0.25) is 0 Å². The summed E-state index contributed by atoms with van der Waals surface area (Å²) in [4.78, 5) is 33.9. The number of hydrogen-bond donors (Lipinski definition) is 1. The summed E-state index contributed by atoms with van der Waals surface area (Å²) in [5, 5.41) is 7.18. The van der Waals surface area contributed by atoms with E-state index in [0.29, 0.717) is 24.2 Å². The van der Waals surface area contributed by atoms with Crippen molar-refractivity contribution < 1.29 is 14.4 Å². The van der Waals surface area contributed by atoms with Crippen molar-refractivity contribution in [3.63, 3.8) is 0 Å². The van der Waals surface area contributed by atoms with Gasteiger partial charge in [0.05, 0.1) is 5.71 Å². The molecule has 5 rings (SSSR count). The first-order chi connectivity index (χ1) is 16.8. The fraction of sp³-hybridized carbons (Fsp3) is 0.655. The van der Waals surface area contributed by atoms with E-state index in [0.717, 1.165) is 42.9 Å². The second kappa shape index (κ2) is 9.51. The third kappa shape index (κ3) is 4.45. The van der Waals surface area contributed by atoms with Gasteiger partial charge in [-0.1, -0.05) is 24.6 Å². The van der Waals surface area contributed by atoms with E-state index in [1.807, 2.05) is 19.1 Å². The fourth-order valence-electron chi connectivity index (χ4n) is 8.24. The van der Waals surface area contributed by atoms with Crippen molar-refractivity contribution in [3.05, 3.63) is 41.7 Å². The number of aromatic nitrogens is 1. The van der Waals surface area contributed by atoms with Crippen LogP contribution in [0.1, 0.15) is 77.7 Å². The second-order valence-electron chi connectivity index (χ2n) is 11.8. The maximum absolute atomic E-state index is 12.4. The van der Waals surface area contributed by atoms with Crippen molar-refractivity contribution in [1.29, 1.82) is 0 Å². The third-order valence-electron chi connectivity index (χ3n) is 10.1. The number of carbonyl (C=O) groups excluding carboxylic acids is 2. The molecule has 1 N–H and O–H groups in total. The molecule has 0 aliphatic heterocycles. The van der Waals surface area contributed by atoms with Crippen LogP contribution in [0.15, 0.2) is 41.3 Å². The van der Waals surface area contributed by atoms with Gasteiger partial charge in [0.15, 0.2) is 6.61 Å². The molecule has 0 radical (unpaired) electrons. The molecule has 3 fully saturated rings. The van der Waals surface area contributed by atoms with E-state index >= 15 is 0 Å². The molecule has 3 saturated carbocycles. The third-order valence-corrected chi connectivity index (χ3v) is 10.1. The molecule has 4 aliphatic carbocycles. The van der Waals surface area contributed by atoms with E-state index < -0.39 is 0 Å². The number of carbonyl (C=O) groups is 2. The van der Waals surface area contributed by atoms with Crippen LogP contribution in [-0.4, -0.2) is 29.0 Å². The van der Waals surface area contributed by atoms with Gasteiger partial charge in [-0.15, -0.1) is 0 Å². The SMILES string of the molecule is CC(=O)[C@@H]1CC[C@H]2[C@H]3CCC4=CC(=NOCC(=O)NCc5ccncc5)CC[C@]4(C)[C@H]3CC[C@]12C. The highest BCUT2D eigenvalue weighted by atomic mass is 16.6. The fourth-order valence-corrected chi connectivity index (χ4v) is 8.24. The van der Waals surface area contributed by atoms with E-state index in [2.05, 4.69) is 35.4 Å². The van der Waals surface area contributed by atoms with Crippen molar-refractivity contribution >= 4 is 17.4 Å². The number of Topliss-reactive ketones (excluding diaryl/α,β-unsaturated/α-hetero) is 1. The van der Waals surface area contributed by atoms with Crippen LogP contribution in [-0.2, 0) is 21.0 Å². The monoisotopic (exact) mass is 477 g/mol. The van der Waals surface area contributed by atoms with Gasteiger partial charge in [-0.3, -0.25) is 14.6 Å². The van der Waals surface area contributed by atoms with Crippen molar-refractivity contribution in [2.45, 2.75) is 78.7 Å². The largest absolute Gasteiger partial charge is 0.385 e. The van der Waals surface area contributed by atoms with E-state index in [-0.39, 0.29) is 29.3 Å². The van der Waals surface area contributed by atoms with Crippen LogP contribution in [0.5, 0.6) is 0 Å². The molecule has 6 atom stereocenters. The molecule has 0 unspecified atom stereocenters. The van der Waals surface area contributed by atoms with Gasteiger partial charge in [0, 0.05) is 24.9 Å². The molecule has 1 heterocycles. The zero-order valence-corrected chi connectivity index (χ0v) is 21.4. The Kier molecular flexibility index (Phi) is 6.58. The Bertz CT molecular complexity index is 1030. The van der Waals surface area contributed by atoms with E-state index in [1.54, 1.807) is 12.4 Å². The maximum atomic E-state index is 12.4. The summed E-state index contributed by atoms with van der Waals surface area (Å²) in [6.07, 6.45) is 14.7. The van der Waals surface area contributed by atoms with E-state index in [1.165, 1.54) is 31.3 Å². The zero-order chi connectivity index (χ0) is 24.6. The number of oxime groups is 1. The van der Waals surface area contributed by atoms with Gasteiger partial charge in [-0.05, 0) is 111 Å². The van der Waals surface area contributed by atoms with E-state index in [4.69, 9.17) is 4.84 Å². The minimum absolute atomic E-state index is 0.0721. The quantitative estimate of drug-likeness (QED) is 0.568. The molecule has 0 spiro atoms. The molecule has 0 aromatic carbocycles. The van der Waals surface area contributed by atoms with Crippen LogP contribution in [0.4, 0.5) is 0 Å². The van der Waals surface area contributed by atoms with Gasteiger partial charge >= 0.3 is 0 Å². The highest BCUT2D eigenvalue weighted by Crippen LogP contribution is 2.66. The van der Waals surface area contributed by atoms with Crippen molar-refractivity contribution in [2.24, 2.45) is 39.7 Å². The summed E-state index contributed by atoms with van der Waals surface area (Å²) in [5.41, 5.74) is 3.90. The summed E-state index contributed by atoms with van der Waals surface area (Å²) >= 11 is 0. The van der Waals surface area contributed by atoms with Crippen LogP contribution >= 0.6 is 0 Å². The number of pyridine rings is 1. The summed E-state index contributed by atoms with van der Waals surface area (Å²) in [6.45, 7) is 7.08. The van der Waals surface area contributed by atoms with Gasteiger partial charge in [0.25, 0.3) is 5.91 Å². The lowest BCUT2D eigenvalue weighted by molar-refractivity contribution is -0.128. The Balaban J connectivity index is 1.20. The summed E-state index contributed by atoms with van der Waals surface area (Å²) in [5.74, 6) is 2.62. The first-order valence-electron chi connectivity index (χ1n) is 13.4. The lowest BCUT2D eigenvalue weighted by Crippen LogP contribution is -2.51. The van der Waals surface area contributed by atoms with Crippen LogP contribution in [0.25, 0.3) is 0 Å². The number of fused-ring (bicyclic) bond motifs is 5. The van der Waals surface area contributed by atoms with Crippen LogP contribution in [0, 0.1) is 34.5 Å². The van der Waals surface area contributed by atoms with Crippen molar-refractivity contribution in [1.82, 2.24) is 10.3 Å². The van der Waals surface area contributed by atoms with Gasteiger partial charge < -0.3 is 10.2 Å². The minimum Gasteiger partial charge on any atom is -0.385 e. The molecular weight excluding hydrogens is 438 g/mol. The number of nitrogens with one attached hydrogen (secondary N) is 1. The van der Waals surface area contributed by atoms with Crippen LogP contribution < -0.4 is 5.32 Å². The van der Waals surface area contributed by atoms with Crippen LogP contribution in [0.3, 0.4) is 0 Å². The molecule has 0 saturated heterocycles. The smallest absolute Gasteiger partial charge is 0.261 e. The van der Waals surface area contributed by atoms with Gasteiger partial charge in [0.1, 0.15) is 5.78 Å². The number of rotatable bonds is 6. The zero-order valence-electron chi connectivity index (χ0n) is 21.4. The Labute approximate surface area is 209 Å². The highest BCUT2D eigenvalue weighted by molar-refractivity contribution is 5.96. The molecule has 6 heteroatoms. The Morgan fingerprint density at radius 3 is 2.66 bits per heavy atom. The minimum atomic E-state index is -0.175. The number of ketones is 1. The predicted octanol–water partition coefficient (Wildman–Crippen LogP) is 5.24. The maximum Gasteiger partial charge on any atom is 0.261 e. The average Bonchev–Trinajstić information content (AvgIpc) is 3.21. The summed E-state index contributed by atoms with van der Waals surface area (Å²) in [7, 11) is 0. The molecule has 1 aromatic rings. The lowest BCUT2D eigenvalue weighted by Gasteiger charge is -2.58. The van der Waals surface area contributed by atoms with Gasteiger partial charge in [0.2, 0.25) is 0 Å². The molecule has 1 aromatic heterocycles. The lowest BCUT2D eigenvalue weighted by atomic mass is 9.46. The van der Waals surface area contributed by atoms with E-state index in [9.17, 15) is 9.59 Å². The molecule has 0 bridgehead atoms. The second-order valence-corrected chi connectivity index (χ2v) is 11.8. The predicted molar refractivity (Wildman–Crippen MR) is 135 cm³/mol. The van der Waals surface area contributed by atoms with Gasteiger partial charge in [-0.2, -0.15) is 0 Å². The van der Waals surface area contributed by atoms with Crippen molar-refractivity contribution in [3.8, 4) is 0 Å². The highest BCUT2D eigenvalue weighted by Gasteiger charge is 2.59.